The van der Waals surface area contributed by atoms with E-state index in [0.29, 0.717) is 16.6 Å². The highest BCUT2D eigenvalue weighted by atomic mass is 16.1. The number of rotatable bonds is 0. The third kappa shape index (κ3) is 1.16. The van der Waals surface area contributed by atoms with E-state index in [9.17, 15) is 4.79 Å². The Hall–Kier alpha value is -2.36. The van der Waals surface area contributed by atoms with E-state index < -0.39 is 0 Å². The molecule has 0 fully saturated rings. The fourth-order valence-corrected chi connectivity index (χ4v) is 1.87. The molecular weight excluding hydrogens is 202 g/mol. The van der Waals surface area contributed by atoms with Gasteiger partial charge in [-0.15, -0.1) is 0 Å². The Balaban J connectivity index is 2.64. The number of aromatic amines is 1. The van der Waals surface area contributed by atoms with Gasteiger partial charge in [-0.3, -0.25) is 9.78 Å². The van der Waals surface area contributed by atoms with Gasteiger partial charge in [0.05, 0.1) is 22.9 Å². The van der Waals surface area contributed by atoms with Crippen LogP contribution in [0.2, 0.25) is 0 Å². The van der Waals surface area contributed by atoms with E-state index in [1.54, 1.807) is 18.3 Å². The van der Waals surface area contributed by atoms with Crippen LogP contribution in [0.1, 0.15) is 0 Å². The van der Waals surface area contributed by atoms with Crippen LogP contribution < -0.4 is 11.3 Å². The van der Waals surface area contributed by atoms with Gasteiger partial charge < -0.3 is 10.7 Å². The molecular formula is C12H9N3O. The first-order valence-corrected chi connectivity index (χ1v) is 4.92. The lowest BCUT2D eigenvalue weighted by Crippen LogP contribution is -2.07. The average Bonchev–Trinajstić information content (AvgIpc) is 2.29. The van der Waals surface area contributed by atoms with Crippen LogP contribution in [0.15, 0.2) is 41.3 Å². The minimum absolute atomic E-state index is 0.115. The minimum atomic E-state index is -0.115. The highest BCUT2D eigenvalue weighted by Crippen LogP contribution is 2.19. The van der Waals surface area contributed by atoms with Crippen molar-refractivity contribution in [2.45, 2.75) is 0 Å². The van der Waals surface area contributed by atoms with Crippen molar-refractivity contribution < 1.29 is 0 Å². The molecule has 3 aromatic rings. The summed E-state index contributed by atoms with van der Waals surface area (Å²) < 4.78 is 0. The Kier molecular flexibility index (Phi) is 1.71. The number of nitrogens with one attached hydrogen (secondary N) is 1. The van der Waals surface area contributed by atoms with Gasteiger partial charge in [0.15, 0.2) is 0 Å². The fraction of sp³-hybridized carbons (Fsp3) is 0. The predicted molar refractivity (Wildman–Crippen MR) is 64.3 cm³/mol. The molecule has 16 heavy (non-hydrogen) atoms. The van der Waals surface area contributed by atoms with Crippen LogP contribution in [0.4, 0.5) is 5.69 Å². The number of anilines is 1. The third-order valence-corrected chi connectivity index (χ3v) is 2.58. The van der Waals surface area contributed by atoms with Crippen molar-refractivity contribution in [2.75, 3.05) is 5.73 Å². The fourth-order valence-electron chi connectivity index (χ4n) is 1.87. The number of benzene rings is 1. The maximum Gasteiger partial charge on any atom is 0.256 e. The normalized spacial score (nSPS) is 11.0. The molecule has 0 aliphatic rings. The molecule has 0 atom stereocenters. The summed E-state index contributed by atoms with van der Waals surface area (Å²) in [5.74, 6) is 0. The summed E-state index contributed by atoms with van der Waals surface area (Å²) in [5.41, 5.74) is 7.50. The number of hydrogen-bond donors (Lipinski definition) is 2. The first-order chi connectivity index (χ1) is 7.75. The Morgan fingerprint density at radius 2 is 1.94 bits per heavy atom. The van der Waals surface area contributed by atoms with Gasteiger partial charge in [-0.25, -0.2) is 0 Å². The van der Waals surface area contributed by atoms with Crippen LogP contribution in [-0.4, -0.2) is 9.97 Å². The van der Waals surface area contributed by atoms with Gasteiger partial charge in [0, 0.05) is 10.8 Å². The highest BCUT2D eigenvalue weighted by molar-refractivity contribution is 6.03. The Morgan fingerprint density at radius 3 is 2.75 bits per heavy atom. The van der Waals surface area contributed by atoms with Crippen LogP contribution in [0, 0.1) is 0 Å². The van der Waals surface area contributed by atoms with E-state index in [0.717, 1.165) is 10.9 Å². The number of aromatic nitrogens is 2. The quantitative estimate of drug-likeness (QED) is 0.555. The van der Waals surface area contributed by atoms with Crippen molar-refractivity contribution in [2.24, 2.45) is 0 Å². The molecule has 2 aromatic heterocycles. The van der Waals surface area contributed by atoms with E-state index in [1.165, 1.54) is 0 Å². The van der Waals surface area contributed by atoms with Crippen LogP contribution in [0.5, 0.6) is 0 Å². The maximum absolute atomic E-state index is 11.8. The average molecular weight is 211 g/mol. The smallest absolute Gasteiger partial charge is 0.256 e. The predicted octanol–water partition coefficient (Wildman–Crippen LogP) is 1.66. The van der Waals surface area contributed by atoms with E-state index in [2.05, 4.69) is 9.97 Å². The molecule has 0 saturated heterocycles. The largest absolute Gasteiger partial charge is 0.397 e. The second-order valence-corrected chi connectivity index (χ2v) is 3.66. The van der Waals surface area contributed by atoms with Gasteiger partial charge in [-0.05, 0) is 12.1 Å². The zero-order valence-electron chi connectivity index (χ0n) is 8.40. The van der Waals surface area contributed by atoms with Gasteiger partial charge in [0.2, 0.25) is 0 Å². The Bertz CT molecular complexity index is 746. The molecule has 0 aliphatic carbocycles. The molecule has 1 aromatic carbocycles. The van der Waals surface area contributed by atoms with Crippen molar-refractivity contribution in [3.8, 4) is 0 Å². The van der Waals surface area contributed by atoms with Crippen molar-refractivity contribution in [1.82, 2.24) is 9.97 Å². The molecule has 0 saturated carbocycles. The molecule has 4 heteroatoms. The molecule has 0 aliphatic heterocycles. The molecule has 0 radical (unpaired) electrons. The topological polar surface area (TPSA) is 71.8 Å². The lowest BCUT2D eigenvalue weighted by molar-refractivity contribution is 1.31. The summed E-state index contributed by atoms with van der Waals surface area (Å²) >= 11 is 0. The summed E-state index contributed by atoms with van der Waals surface area (Å²) in [6, 6.07) is 9.11. The van der Waals surface area contributed by atoms with Crippen LogP contribution in [0.3, 0.4) is 0 Å². The minimum Gasteiger partial charge on any atom is -0.397 e. The molecule has 0 unspecified atom stereocenters. The second-order valence-electron chi connectivity index (χ2n) is 3.66. The molecule has 2 heterocycles. The molecule has 0 amide bonds. The number of fused-ring (bicyclic) bond motifs is 3. The van der Waals surface area contributed by atoms with Gasteiger partial charge >= 0.3 is 0 Å². The number of nitrogens with zero attached hydrogens (tertiary/aromatic N) is 1. The molecule has 4 nitrogen and oxygen atoms in total. The summed E-state index contributed by atoms with van der Waals surface area (Å²) in [5, 5.41) is 1.49. The van der Waals surface area contributed by atoms with Gasteiger partial charge in [-0.1, -0.05) is 18.2 Å². The van der Waals surface area contributed by atoms with Crippen LogP contribution >= 0.6 is 0 Å². The molecule has 3 rings (SSSR count). The van der Waals surface area contributed by atoms with Crippen molar-refractivity contribution in [3.05, 3.63) is 46.9 Å². The summed E-state index contributed by atoms with van der Waals surface area (Å²) in [6.07, 6.45) is 1.59. The Morgan fingerprint density at radius 1 is 1.19 bits per heavy atom. The SMILES string of the molecule is Nc1cnc2c(c1)[nH]c(=O)c1ccccc12. The zero-order chi connectivity index (χ0) is 11.1. The number of H-pyrrole nitrogens is 1. The highest BCUT2D eigenvalue weighted by Gasteiger charge is 2.05. The van der Waals surface area contributed by atoms with Gasteiger partial charge in [-0.2, -0.15) is 0 Å². The summed E-state index contributed by atoms with van der Waals surface area (Å²) in [4.78, 5) is 18.8. The first kappa shape index (κ1) is 8.91. The lowest BCUT2D eigenvalue weighted by Gasteiger charge is -2.02. The Labute approximate surface area is 90.7 Å². The molecule has 0 bridgehead atoms. The molecule has 78 valence electrons. The lowest BCUT2D eigenvalue weighted by atomic mass is 10.1. The van der Waals surface area contributed by atoms with Gasteiger partial charge in [0.25, 0.3) is 5.56 Å². The standard InChI is InChI=1S/C12H9N3O/c13-7-5-10-11(14-6-7)8-3-1-2-4-9(8)12(16)15-10/h1-6H,13H2,(H,15,16). The third-order valence-electron chi connectivity index (χ3n) is 2.58. The second kappa shape index (κ2) is 3.06. The van der Waals surface area contributed by atoms with Crippen LogP contribution in [0.25, 0.3) is 21.8 Å². The van der Waals surface area contributed by atoms with E-state index >= 15 is 0 Å². The van der Waals surface area contributed by atoms with Crippen LogP contribution in [-0.2, 0) is 0 Å². The zero-order valence-corrected chi connectivity index (χ0v) is 8.40. The monoisotopic (exact) mass is 211 g/mol. The molecule has 0 spiro atoms. The maximum atomic E-state index is 11.8. The van der Waals surface area contributed by atoms with Crippen molar-refractivity contribution in [1.29, 1.82) is 0 Å². The van der Waals surface area contributed by atoms with Crippen molar-refractivity contribution in [3.63, 3.8) is 0 Å². The first-order valence-electron chi connectivity index (χ1n) is 4.92. The summed E-state index contributed by atoms with van der Waals surface area (Å²) in [7, 11) is 0. The van der Waals surface area contributed by atoms with E-state index in [-0.39, 0.29) is 5.56 Å². The van der Waals surface area contributed by atoms with Gasteiger partial charge in [0.1, 0.15) is 0 Å². The van der Waals surface area contributed by atoms with E-state index in [1.807, 2.05) is 18.2 Å². The van der Waals surface area contributed by atoms with Crippen molar-refractivity contribution >= 4 is 27.5 Å². The number of pyridine rings is 2. The van der Waals surface area contributed by atoms with E-state index in [4.69, 9.17) is 5.73 Å². The summed E-state index contributed by atoms with van der Waals surface area (Å²) in [6.45, 7) is 0. The molecule has 3 N–H and O–H groups in total. The number of hydrogen-bond acceptors (Lipinski definition) is 3. The number of nitrogens with two attached hydrogens (primary N) is 1. The number of nitrogen functional groups attached to an aromatic ring is 1.